The average molecular weight is 324 g/mol. The molecule has 0 fully saturated rings. The Morgan fingerprint density at radius 1 is 1.39 bits per heavy atom. The number of hydrogen-bond acceptors (Lipinski definition) is 4. The van der Waals surface area contributed by atoms with Crippen molar-refractivity contribution >= 4 is 32.4 Å². The maximum absolute atomic E-state index is 4.50. The molecule has 1 aromatic heterocycles. The Morgan fingerprint density at radius 3 is 2.78 bits per heavy atom. The molecule has 3 nitrogen and oxygen atoms in total. The summed E-state index contributed by atoms with van der Waals surface area (Å²) in [7, 11) is 0. The first kappa shape index (κ1) is 13.1. The fourth-order valence-corrected chi connectivity index (χ4v) is 2.25. The van der Waals surface area contributed by atoms with Crippen LogP contribution in [0.4, 0.5) is 5.13 Å². The van der Waals surface area contributed by atoms with Crippen LogP contribution in [0, 0.1) is 0 Å². The lowest BCUT2D eigenvalue weighted by atomic mass is 10.2. The Hall–Kier alpha value is -1.33. The van der Waals surface area contributed by atoms with E-state index in [4.69, 9.17) is 0 Å². The summed E-state index contributed by atoms with van der Waals surface area (Å²) in [6, 6.07) is 8.11. The Morgan fingerprint density at radius 2 is 2.11 bits per heavy atom. The van der Waals surface area contributed by atoms with E-state index in [-0.39, 0.29) is 0 Å². The molecule has 0 radical (unpaired) electrons. The zero-order valence-electron chi connectivity index (χ0n) is 10.0. The summed E-state index contributed by atoms with van der Waals surface area (Å²) in [5.74, 6) is 0. The lowest BCUT2D eigenvalue weighted by Crippen LogP contribution is -2.19. The number of allylic oxidation sites excluding steroid dienone is 1. The van der Waals surface area contributed by atoms with E-state index in [1.54, 1.807) is 11.3 Å². The predicted molar refractivity (Wildman–Crippen MR) is 81.4 cm³/mol. The molecule has 1 heterocycles. The van der Waals surface area contributed by atoms with Gasteiger partial charge in [0.05, 0.1) is 5.69 Å². The van der Waals surface area contributed by atoms with Crippen LogP contribution >= 0.6 is 27.3 Å². The molecular formula is C13H14BrN3S. The normalized spacial score (nSPS) is 10.1. The van der Waals surface area contributed by atoms with Crippen molar-refractivity contribution in [3.63, 3.8) is 0 Å². The van der Waals surface area contributed by atoms with E-state index in [0.29, 0.717) is 0 Å². The molecule has 0 aliphatic rings. The minimum atomic E-state index is 0.836. The minimum Gasteiger partial charge on any atom is -0.304 e. The lowest BCUT2D eigenvalue weighted by molar-refractivity contribution is 0.888. The van der Waals surface area contributed by atoms with Crippen LogP contribution in [0.5, 0.6) is 0 Å². The van der Waals surface area contributed by atoms with Gasteiger partial charge in [-0.15, -0.1) is 11.3 Å². The van der Waals surface area contributed by atoms with Gasteiger partial charge in [-0.2, -0.15) is 0 Å². The van der Waals surface area contributed by atoms with Crippen LogP contribution < -0.4 is 10.9 Å². The molecule has 0 amide bonds. The van der Waals surface area contributed by atoms with Gasteiger partial charge in [-0.05, 0) is 18.6 Å². The standard InChI is InChI=1S/C13H14BrN3S/c1-3-9(2)16-17-13-15-12(8-18-13)10-4-6-11(14)7-5-10/h4-8,16H,2-3H2,1H3,(H,15,17). The van der Waals surface area contributed by atoms with Gasteiger partial charge in [0.25, 0.3) is 0 Å². The number of rotatable bonds is 5. The van der Waals surface area contributed by atoms with Gasteiger partial charge in [-0.25, -0.2) is 4.98 Å². The second kappa shape index (κ2) is 6.02. The number of aromatic nitrogens is 1. The van der Waals surface area contributed by atoms with Crippen LogP contribution in [-0.2, 0) is 0 Å². The van der Waals surface area contributed by atoms with Crippen LogP contribution in [-0.4, -0.2) is 4.98 Å². The molecule has 18 heavy (non-hydrogen) atoms. The van der Waals surface area contributed by atoms with Gasteiger partial charge in [0.15, 0.2) is 0 Å². The SMILES string of the molecule is C=C(CC)NNc1nc(-c2ccc(Br)cc2)cs1. The number of halogens is 1. The smallest absolute Gasteiger partial charge is 0.202 e. The lowest BCUT2D eigenvalue weighted by Gasteiger charge is -2.06. The van der Waals surface area contributed by atoms with Crippen LogP contribution in [0.15, 0.2) is 46.4 Å². The van der Waals surface area contributed by atoms with Crippen LogP contribution in [0.2, 0.25) is 0 Å². The van der Waals surface area contributed by atoms with E-state index in [9.17, 15) is 0 Å². The monoisotopic (exact) mass is 323 g/mol. The number of thiazole rings is 1. The number of hydrogen-bond donors (Lipinski definition) is 2. The quantitative estimate of drug-likeness (QED) is 0.800. The van der Waals surface area contributed by atoms with Crippen molar-refractivity contribution in [2.45, 2.75) is 13.3 Å². The Balaban J connectivity index is 2.06. The van der Waals surface area contributed by atoms with Crippen molar-refractivity contribution in [2.24, 2.45) is 0 Å². The van der Waals surface area contributed by atoms with Crippen molar-refractivity contribution in [1.29, 1.82) is 0 Å². The summed E-state index contributed by atoms with van der Waals surface area (Å²) in [6.07, 6.45) is 0.887. The summed E-state index contributed by atoms with van der Waals surface area (Å²) in [6.45, 7) is 5.91. The van der Waals surface area contributed by atoms with Gasteiger partial charge >= 0.3 is 0 Å². The first-order valence-corrected chi connectivity index (χ1v) is 7.27. The highest BCUT2D eigenvalue weighted by Crippen LogP contribution is 2.25. The van der Waals surface area contributed by atoms with Crippen molar-refractivity contribution in [2.75, 3.05) is 5.43 Å². The highest BCUT2D eigenvalue weighted by molar-refractivity contribution is 9.10. The largest absolute Gasteiger partial charge is 0.304 e. The fourth-order valence-electron chi connectivity index (χ4n) is 1.31. The number of benzene rings is 1. The van der Waals surface area contributed by atoms with Gasteiger partial charge in [-0.3, -0.25) is 5.43 Å². The van der Waals surface area contributed by atoms with Gasteiger partial charge < -0.3 is 5.43 Å². The summed E-state index contributed by atoms with van der Waals surface area (Å²) in [5.41, 5.74) is 9.08. The maximum atomic E-state index is 4.50. The Kier molecular flexibility index (Phi) is 4.38. The second-order valence-corrected chi connectivity index (χ2v) is 5.53. The van der Waals surface area contributed by atoms with E-state index in [1.807, 2.05) is 36.6 Å². The van der Waals surface area contributed by atoms with Crippen molar-refractivity contribution in [3.8, 4) is 11.3 Å². The predicted octanol–water partition coefficient (Wildman–Crippen LogP) is 4.41. The summed E-state index contributed by atoms with van der Waals surface area (Å²) in [5, 5.41) is 2.87. The Labute approximate surface area is 119 Å². The number of nitrogens with zero attached hydrogens (tertiary/aromatic N) is 1. The van der Waals surface area contributed by atoms with Gasteiger partial charge in [0, 0.05) is 21.1 Å². The number of nitrogens with one attached hydrogen (secondary N) is 2. The zero-order valence-corrected chi connectivity index (χ0v) is 12.4. The van der Waals surface area contributed by atoms with Crippen molar-refractivity contribution in [1.82, 2.24) is 10.4 Å². The third-order valence-electron chi connectivity index (χ3n) is 2.42. The molecule has 1 aromatic carbocycles. The number of hydrazine groups is 1. The minimum absolute atomic E-state index is 0.836. The molecule has 0 saturated carbocycles. The van der Waals surface area contributed by atoms with Crippen LogP contribution in [0.3, 0.4) is 0 Å². The summed E-state index contributed by atoms with van der Waals surface area (Å²) < 4.78 is 1.07. The van der Waals surface area contributed by atoms with Gasteiger partial charge in [-0.1, -0.05) is 41.6 Å². The molecule has 0 aliphatic carbocycles. The molecule has 0 spiro atoms. The van der Waals surface area contributed by atoms with Crippen LogP contribution in [0.1, 0.15) is 13.3 Å². The molecule has 2 aromatic rings. The average Bonchev–Trinajstić information content (AvgIpc) is 2.85. The molecule has 0 saturated heterocycles. The molecular weight excluding hydrogens is 310 g/mol. The van der Waals surface area contributed by atoms with Gasteiger partial charge in [0.2, 0.25) is 5.13 Å². The van der Waals surface area contributed by atoms with E-state index in [0.717, 1.165) is 33.0 Å². The molecule has 5 heteroatoms. The van der Waals surface area contributed by atoms with Crippen molar-refractivity contribution in [3.05, 3.63) is 46.4 Å². The van der Waals surface area contributed by atoms with E-state index < -0.39 is 0 Å². The third kappa shape index (κ3) is 3.34. The highest BCUT2D eigenvalue weighted by Gasteiger charge is 2.04. The molecule has 0 unspecified atom stereocenters. The summed E-state index contributed by atoms with van der Waals surface area (Å²) in [4.78, 5) is 4.50. The van der Waals surface area contributed by atoms with Crippen LogP contribution in [0.25, 0.3) is 11.3 Å². The van der Waals surface area contributed by atoms with Gasteiger partial charge in [0.1, 0.15) is 0 Å². The second-order valence-electron chi connectivity index (χ2n) is 3.75. The molecule has 2 rings (SSSR count). The molecule has 0 bridgehead atoms. The molecule has 2 N–H and O–H groups in total. The zero-order chi connectivity index (χ0) is 13.0. The molecule has 0 aliphatic heterocycles. The van der Waals surface area contributed by atoms with E-state index in [1.165, 1.54) is 0 Å². The van der Waals surface area contributed by atoms with E-state index in [2.05, 4.69) is 38.3 Å². The van der Waals surface area contributed by atoms with E-state index >= 15 is 0 Å². The first-order valence-electron chi connectivity index (χ1n) is 5.60. The van der Waals surface area contributed by atoms with Crippen molar-refractivity contribution < 1.29 is 0 Å². The Bertz CT molecular complexity index is 533. The fraction of sp³-hybridized carbons (Fsp3) is 0.154. The molecule has 94 valence electrons. The highest BCUT2D eigenvalue weighted by atomic mass is 79.9. The number of anilines is 1. The third-order valence-corrected chi connectivity index (χ3v) is 3.70. The molecule has 0 atom stereocenters. The summed E-state index contributed by atoms with van der Waals surface area (Å²) >= 11 is 4.99. The maximum Gasteiger partial charge on any atom is 0.202 e. The topological polar surface area (TPSA) is 37.0 Å². The first-order chi connectivity index (χ1) is 8.69.